The minimum Gasteiger partial charge on any atom is -0.344 e. The summed E-state index contributed by atoms with van der Waals surface area (Å²) in [5.74, 6) is -13.0. The maximum Gasteiger partial charge on any atom is 0.405 e. The molecule has 0 spiro atoms. The highest BCUT2D eigenvalue weighted by molar-refractivity contribution is 6.30. The minimum atomic E-state index is -5.01. The average molecular weight is 659 g/mol. The molecule has 244 valence electrons. The SMILES string of the molecule is CC(C)[C@H](NC(=O)[C@@H](NC(=O)[C@H](C)NC(=O)C1(c2cccc(Cl)c2)CC1)c1ccccc1)C(=O)C(F)(F)C(=O)NCC(F)(F)F. The lowest BCUT2D eigenvalue weighted by Crippen LogP contribution is -2.58. The number of alkyl halides is 5. The number of carbonyl (C=O) groups is 5. The van der Waals surface area contributed by atoms with Crippen molar-refractivity contribution in [1.82, 2.24) is 21.3 Å². The highest BCUT2D eigenvalue weighted by atomic mass is 35.5. The number of benzene rings is 2. The normalized spacial score (nSPS) is 16.1. The molecule has 2 aromatic carbocycles. The third-order valence-electron chi connectivity index (χ3n) is 7.28. The van der Waals surface area contributed by atoms with E-state index in [-0.39, 0.29) is 5.56 Å². The Morgan fingerprint density at radius 1 is 0.844 bits per heavy atom. The lowest BCUT2D eigenvalue weighted by atomic mass is 9.94. The first-order valence-corrected chi connectivity index (χ1v) is 14.3. The first-order valence-electron chi connectivity index (χ1n) is 13.9. The van der Waals surface area contributed by atoms with Crippen LogP contribution in [0.5, 0.6) is 0 Å². The van der Waals surface area contributed by atoms with Gasteiger partial charge in [-0.3, -0.25) is 24.0 Å². The molecule has 0 unspecified atom stereocenters. The Hall–Kier alpha value is -4.07. The van der Waals surface area contributed by atoms with Crippen molar-refractivity contribution in [2.24, 2.45) is 5.92 Å². The molecule has 1 fully saturated rings. The fraction of sp³-hybridized carbons (Fsp3) is 0.433. The summed E-state index contributed by atoms with van der Waals surface area (Å²) < 4.78 is 66.6. The number of rotatable bonds is 13. The van der Waals surface area contributed by atoms with E-state index < -0.39 is 77.5 Å². The molecule has 4 amide bonds. The molecule has 3 atom stereocenters. The smallest absolute Gasteiger partial charge is 0.344 e. The zero-order valence-corrected chi connectivity index (χ0v) is 25.2. The van der Waals surface area contributed by atoms with Gasteiger partial charge in [0.2, 0.25) is 23.5 Å². The maximum absolute atomic E-state index is 14.7. The molecule has 9 nitrogen and oxygen atoms in total. The van der Waals surface area contributed by atoms with Crippen molar-refractivity contribution >= 4 is 41.0 Å². The maximum atomic E-state index is 14.7. The van der Waals surface area contributed by atoms with E-state index in [2.05, 4.69) is 16.0 Å². The highest BCUT2D eigenvalue weighted by Crippen LogP contribution is 2.49. The molecule has 0 heterocycles. The van der Waals surface area contributed by atoms with E-state index in [4.69, 9.17) is 11.6 Å². The van der Waals surface area contributed by atoms with Gasteiger partial charge in [0.15, 0.2) is 0 Å². The number of hydrogen-bond donors (Lipinski definition) is 4. The monoisotopic (exact) mass is 658 g/mol. The van der Waals surface area contributed by atoms with Gasteiger partial charge in [0.25, 0.3) is 5.91 Å². The molecular weight excluding hydrogens is 627 g/mol. The number of Topliss-reactive ketones (excluding diaryl/α,β-unsaturated/α-hetero) is 1. The number of carbonyl (C=O) groups excluding carboxylic acids is 5. The molecule has 2 aromatic rings. The predicted molar refractivity (Wildman–Crippen MR) is 153 cm³/mol. The van der Waals surface area contributed by atoms with Crippen molar-refractivity contribution in [2.45, 2.75) is 69.3 Å². The molecule has 0 aliphatic heterocycles. The minimum absolute atomic E-state index is 0.184. The fourth-order valence-corrected chi connectivity index (χ4v) is 4.73. The van der Waals surface area contributed by atoms with Crippen LogP contribution in [0, 0.1) is 5.92 Å². The van der Waals surface area contributed by atoms with Gasteiger partial charge in [0.1, 0.15) is 18.6 Å². The first kappa shape index (κ1) is 35.4. The third-order valence-corrected chi connectivity index (χ3v) is 7.51. The Morgan fingerprint density at radius 2 is 1.47 bits per heavy atom. The second kappa shape index (κ2) is 13.9. The molecule has 0 radical (unpaired) electrons. The summed E-state index contributed by atoms with van der Waals surface area (Å²) >= 11 is 6.07. The zero-order chi connectivity index (χ0) is 33.7. The van der Waals surface area contributed by atoms with Crippen LogP contribution in [0.3, 0.4) is 0 Å². The Labute approximate surface area is 260 Å². The van der Waals surface area contributed by atoms with Gasteiger partial charge < -0.3 is 21.3 Å². The van der Waals surface area contributed by atoms with Crippen LogP contribution in [0.2, 0.25) is 5.02 Å². The summed E-state index contributed by atoms with van der Waals surface area (Å²) in [6.07, 6.45) is -3.97. The zero-order valence-electron chi connectivity index (χ0n) is 24.4. The number of nitrogens with one attached hydrogen (secondary N) is 4. The van der Waals surface area contributed by atoms with Crippen molar-refractivity contribution < 1.29 is 45.9 Å². The summed E-state index contributed by atoms with van der Waals surface area (Å²) in [6, 6.07) is 9.55. The molecule has 1 aliphatic rings. The summed E-state index contributed by atoms with van der Waals surface area (Å²) in [6.45, 7) is 1.83. The average Bonchev–Trinajstić information content (AvgIpc) is 3.79. The summed E-state index contributed by atoms with van der Waals surface area (Å²) in [5, 5.41) is 8.60. The van der Waals surface area contributed by atoms with Crippen LogP contribution in [-0.2, 0) is 29.4 Å². The van der Waals surface area contributed by atoms with E-state index in [0.717, 1.165) is 5.32 Å². The molecule has 1 saturated carbocycles. The molecule has 15 heteroatoms. The van der Waals surface area contributed by atoms with E-state index in [1.54, 1.807) is 30.3 Å². The van der Waals surface area contributed by atoms with E-state index in [0.29, 0.717) is 23.4 Å². The van der Waals surface area contributed by atoms with Gasteiger partial charge in [0, 0.05) is 5.02 Å². The second-order valence-corrected chi connectivity index (χ2v) is 11.5. The first-order chi connectivity index (χ1) is 20.9. The Morgan fingerprint density at radius 3 is 2.00 bits per heavy atom. The van der Waals surface area contributed by atoms with Gasteiger partial charge in [0.05, 0.1) is 11.5 Å². The van der Waals surface area contributed by atoms with E-state index >= 15 is 0 Å². The molecule has 45 heavy (non-hydrogen) atoms. The Bertz CT molecular complexity index is 1430. The standard InChI is InChI=1S/C30H32ClF5N4O5/c1-16(2)21(23(41)30(35,36)27(45)37-15-29(32,33)34)39-25(43)22(18-8-5-4-6-9-18)40-24(42)17(3)38-26(44)28(12-13-28)19-10-7-11-20(31)14-19/h4-11,14,16-17,21-22H,12-13,15H2,1-3H3,(H,37,45)(H,38,44)(H,39,43)(H,40,42)/t17-,21-,22-/m0/s1. The number of amides is 4. The van der Waals surface area contributed by atoms with Crippen LogP contribution in [0.1, 0.15) is 50.8 Å². The van der Waals surface area contributed by atoms with Crippen LogP contribution in [0.25, 0.3) is 0 Å². The largest absolute Gasteiger partial charge is 0.405 e. The molecule has 1 aliphatic carbocycles. The van der Waals surface area contributed by atoms with Gasteiger partial charge in [-0.2, -0.15) is 22.0 Å². The van der Waals surface area contributed by atoms with Crippen LogP contribution >= 0.6 is 11.6 Å². The van der Waals surface area contributed by atoms with Crippen molar-refractivity contribution in [3.63, 3.8) is 0 Å². The molecule has 0 aromatic heterocycles. The molecule has 3 rings (SSSR count). The van der Waals surface area contributed by atoms with Crippen molar-refractivity contribution in [2.75, 3.05) is 6.54 Å². The van der Waals surface area contributed by atoms with Crippen molar-refractivity contribution in [3.05, 3.63) is 70.7 Å². The van der Waals surface area contributed by atoms with Gasteiger partial charge in [-0.05, 0) is 48.9 Å². The lowest BCUT2D eigenvalue weighted by Gasteiger charge is -2.28. The summed E-state index contributed by atoms with van der Waals surface area (Å²) in [7, 11) is 0. The predicted octanol–water partition coefficient (Wildman–Crippen LogP) is 3.76. The van der Waals surface area contributed by atoms with Crippen molar-refractivity contribution in [1.29, 1.82) is 0 Å². The van der Waals surface area contributed by atoms with Crippen molar-refractivity contribution in [3.8, 4) is 0 Å². The van der Waals surface area contributed by atoms with Crippen LogP contribution < -0.4 is 21.3 Å². The third kappa shape index (κ3) is 8.77. The Balaban J connectivity index is 1.77. The van der Waals surface area contributed by atoms with E-state index in [1.807, 2.05) is 0 Å². The van der Waals surface area contributed by atoms with Gasteiger partial charge in [-0.1, -0.05) is 67.9 Å². The Kier molecular flexibility index (Phi) is 11.0. The van der Waals surface area contributed by atoms with Crippen LogP contribution in [0.15, 0.2) is 54.6 Å². The highest BCUT2D eigenvalue weighted by Gasteiger charge is 2.53. The lowest BCUT2D eigenvalue weighted by molar-refractivity contribution is -0.165. The van der Waals surface area contributed by atoms with Gasteiger partial charge >= 0.3 is 12.1 Å². The quantitative estimate of drug-likeness (QED) is 0.192. The fourth-order valence-electron chi connectivity index (χ4n) is 4.54. The van der Waals surface area contributed by atoms with Crippen LogP contribution in [0.4, 0.5) is 22.0 Å². The van der Waals surface area contributed by atoms with E-state index in [1.165, 1.54) is 45.0 Å². The molecule has 4 N–H and O–H groups in total. The second-order valence-electron chi connectivity index (χ2n) is 11.1. The van der Waals surface area contributed by atoms with E-state index in [9.17, 15) is 45.9 Å². The number of halogens is 6. The molecule has 0 saturated heterocycles. The summed E-state index contributed by atoms with van der Waals surface area (Å²) in [5.41, 5.74) is -0.0167. The molecular formula is C30H32ClF5N4O5. The topological polar surface area (TPSA) is 133 Å². The van der Waals surface area contributed by atoms with Crippen LogP contribution in [-0.4, -0.2) is 60.1 Å². The van der Waals surface area contributed by atoms with Gasteiger partial charge in [-0.25, -0.2) is 0 Å². The summed E-state index contributed by atoms with van der Waals surface area (Å²) in [4.78, 5) is 64.3. The number of hydrogen-bond acceptors (Lipinski definition) is 5. The molecule has 0 bridgehead atoms. The van der Waals surface area contributed by atoms with Gasteiger partial charge in [-0.15, -0.1) is 0 Å². The number of ketones is 1.